The first-order valence-electron chi connectivity index (χ1n) is 14.0. The molecule has 3 fully saturated rings. The Kier molecular flexibility index (Phi) is 8.06. The third-order valence-corrected chi connectivity index (χ3v) is 8.93. The number of hydrogen-bond acceptors (Lipinski definition) is 7. The van der Waals surface area contributed by atoms with Crippen molar-refractivity contribution in [2.24, 2.45) is 5.41 Å². The summed E-state index contributed by atoms with van der Waals surface area (Å²) in [5.74, 6) is 1.58. The molecular weight excluding hydrogens is 483 g/mol. The first kappa shape index (κ1) is 29.0. The molecule has 0 N–H and O–H groups in total. The zero-order valence-corrected chi connectivity index (χ0v) is 24.9. The summed E-state index contributed by atoms with van der Waals surface area (Å²) >= 11 is 0. The average molecular weight is 531 g/mol. The van der Waals surface area contributed by atoms with Gasteiger partial charge in [0.15, 0.2) is 0 Å². The fraction of sp³-hybridized carbons (Fsp3) is 0.759. The topological polar surface area (TPSA) is 69.7 Å². The van der Waals surface area contributed by atoms with Gasteiger partial charge < -0.3 is 28.4 Å². The lowest BCUT2D eigenvalue weighted by Gasteiger charge is -2.47. The van der Waals surface area contributed by atoms with Crippen molar-refractivity contribution in [3.05, 3.63) is 17.7 Å². The van der Waals surface area contributed by atoms with Crippen LogP contribution in [0.25, 0.3) is 0 Å². The Hall–Kier alpha value is -1.97. The molecule has 0 aromatic heterocycles. The van der Waals surface area contributed by atoms with Crippen molar-refractivity contribution in [2.45, 2.75) is 97.5 Å². The Labute approximate surface area is 229 Å². The molecule has 1 spiro atoms. The highest BCUT2D eigenvalue weighted by Gasteiger charge is 2.52. The predicted octanol–water partition coefficient (Wildman–Crippen LogP) is 4.62. The summed E-state index contributed by atoms with van der Waals surface area (Å²) in [7, 11) is 2.93. The summed E-state index contributed by atoms with van der Waals surface area (Å²) in [4.78, 5) is 16.9. The highest BCUT2D eigenvalue weighted by molar-refractivity contribution is 6.62. The standard InChI is InChI=1S/C29H47BN2O6/c1-26(2,3)36-25(33)32-16-12-29(13-17-32)10-14-31(15-11-29)20-22-23(34-8)18-21(19-24(22)35-9)30-37-27(4,5)28(6,7)38-30/h18-19H,10-17,20H2,1-9H3. The number of nitrogens with zero attached hydrogens (tertiary/aromatic N) is 2. The Bertz CT molecular complexity index is 962. The van der Waals surface area contributed by atoms with Gasteiger partial charge in [0.2, 0.25) is 0 Å². The second-order valence-corrected chi connectivity index (χ2v) is 13.2. The van der Waals surface area contributed by atoms with Crippen LogP contribution in [0.15, 0.2) is 12.1 Å². The van der Waals surface area contributed by atoms with Gasteiger partial charge in [-0.3, -0.25) is 4.90 Å². The number of rotatable bonds is 5. The zero-order chi connectivity index (χ0) is 27.9. The molecule has 212 valence electrons. The number of carbonyl (C=O) groups is 1. The molecule has 3 aliphatic heterocycles. The quantitative estimate of drug-likeness (QED) is 0.515. The van der Waals surface area contributed by atoms with Gasteiger partial charge in [-0.25, -0.2) is 4.79 Å². The van der Waals surface area contributed by atoms with Crippen molar-refractivity contribution in [3.63, 3.8) is 0 Å². The van der Waals surface area contributed by atoms with E-state index in [1.165, 1.54) is 0 Å². The van der Waals surface area contributed by atoms with Crippen molar-refractivity contribution in [3.8, 4) is 11.5 Å². The molecule has 8 nitrogen and oxygen atoms in total. The van der Waals surface area contributed by atoms with E-state index < -0.39 is 23.9 Å². The van der Waals surface area contributed by atoms with Crippen molar-refractivity contribution < 1.29 is 28.3 Å². The van der Waals surface area contributed by atoms with Gasteiger partial charge in [-0.05, 0) is 110 Å². The number of ether oxygens (including phenoxy) is 3. The van der Waals surface area contributed by atoms with E-state index in [9.17, 15) is 4.79 Å². The van der Waals surface area contributed by atoms with E-state index in [2.05, 4.69) is 32.6 Å². The van der Waals surface area contributed by atoms with Crippen molar-refractivity contribution in [2.75, 3.05) is 40.4 Å². The maximum Gasteiger partial charge on any atom is 0.495 e. The second-order valence-electron chi connectivity index (χ2n) is 13.2. The molecule has 0 aliphatic carbocycles. The van der Waals surface area contributed by atoms with Gasteiger partial charge in [-0.2, -0.15) is 0 Å². The number of carbonyl (C=O) groups excluding carboxylic acids is 1. The van der Waals surface area contributed by atoms with Crippen LogP contribution in [0.2, 0.25) is 0 Å². The first-order valence-corrected chi connectivity index (χ1v) is 14.0. The van der Waals surface area contributed by atoms with Crippen molar-refractivity contribution >= 4 is 18.7 Å². The summed E-state index contributed by atoms with van der Waals surface area (Å²) in [5.41, 5.74) is 0.973. The van der Waals surface area contributed by atoms with Crippen LogP contribution in [-0.4, -0.2) is 80.2 Å². The Balaban J connectivity index is 1.39. The van der Waals surface area contributed by atoms with Gasteiger partial charge in [0, 0.05) is 19.6 Å². The molecule has 1 aromatic carbocycles. The lowest BCUT2D eigenvalue weighted by molar-refractivity contribution is -0.00320. The van der Waals surface area contributed by atoms with Gasteiger partial charge in [-0.1, -0.05) is 0 Å². The molecule has 0 radical (unpaired) electrons. The van der Waals surface area contributed by atoms with Crippen LogP contribution in [0.1, 0.15) is 79.7 Å². The number of piperidine rings is 2. The van der Waals surface area contributed by atoms with E-state index in [1.807, 2.05) is 37.8 Å². The van der Waals surface area contributed by atoms with E-state index in [4.69, 9.17) is 23.5 Å². The molecule has 0 saturated carbocycles. The van der Waals surface area contributed by atoms with Crippen LogP contribution in [0, 0.1) is 5.41 Å². The lowest BCUT2D eigenvalue weighted by Crippen LogP contribution is -2.49. The van der Waals surface area contributed by atoms with Crippen LogP contribution >= 0.6 is 0 Å². The summed E-state index contributed by atoms with van der Waals surface area (Å²) in [6.45, 7) is 18.3. The van der Waals surface area contributed by atoms with Gasteiger partial charge in [-0.15, -0.1) is 0 Å². The average Bonchev–Trinajstić information content (AvgIpc) is 3.06. The highest BCUT2D eigenvalue weighted by atomic mass is 16.7. The van der Waals surface area contributed by atoms with Gasteiger partial charge in [0.05, 0.1) is 31.0 Å². The minimum atomic E-state index is -0.474. The molecule has 38 heavy (non-hydrogen) atoms. The molecule has 9 heteroatoms. The molecule has 0 atom stereocenters. The molecule has 1 aromatic rings. The van der Waals surface area contributed by atoms with E-state index >= 15 is 0 Å². The molecule has 3 saturated heterocycles. The fourth-order valence-corrected chi connectivity index (χ4v) is 5.67. The largest absolute Gasteiger partial charge is 0.496 e. The Morgan fingerprint density at radius 3 is 1.82 bits per heavy atom. The predicted molar refractivity (Wildman–Crippen MR) is 149 cm³/mol. The smallest absolute Gasteiger partial charge is 0.495 e. The molecule has 1 amide bonds. The van der Waals surface area contributed by atoms with Crippen molar-refractivity contribution in [1.82, 2.24) is 9.80 Å². The van der Waals surface area contributed by atoms with E-state index in [0.29, 0.717) is 5.41 Å². The fourth-order valence-electron chi connectivity index (χ4n) is 5.67. The van der Waals surface area contributed by atoms with Gasteiger partial charge >= 0.3 is 13.2 Å². The van der Waals surface area contributed by atoms with Crippen LogP contribution in [0.3, 0.4) is 0 Å². The van der Waals surface area contributed by atoms with E-state index in [0.717, 1.165) is 80.9 Å². The Morgan fingerprint density at radius 2 is 1.37 bits per heavy atom. The third kappa shape index (κ3) is 6.10. The number of benzene rings is 1. The second kappa shape index (κ2) is 10.5. The Morgan fingerprint density at radius 1 is 0.895 bits per heavy atom. The summed E-state index contributed by atoms with van der Waals surface area (Å²) < 4.78 is 29.8. The molecule has 3 heterocycles. The van der Waals surface area contributed by atoms with Crippen LogP contribution in [0.5, 0.6) is 11.5 Å². The van der Waals surface area contributed by atoms with Crippen LogP contribution < -0.4 is 14.9 Å². The van der Waals surface area contributed by atoms with Crippen LogP contribution in [0.4, 0.5) is 4.79 Å². The zero-order valence-electron chi connectivity index (χ0n) is 24.9. The monoisotopic (exact) mass is 530 g/mol. The van der Waals surface area contributed by atoms with Gasteiger partial charge in [0.1, 0.15) is 17.1 Å². The molecule has 4 rings (SSSR count). The summed E-state index contributed by atoms with van der Waals surface area (Å²) in [6, 6.07) is 4.05. The highest BCUT2D eigenvalue weighted by Crippen LogP contribution is 2.43. The van der Waals surface area contributed by atoms with E-state index in [1.54, 1.807) is 14.2 Å². The molecule has 0 unspecified atom stereocenters. The van der Waals surface area contributed by atoms with Crippen LogP contribution in [-0.2, 0) is 20.6 Å². The molecule has 0 bridgehead atoms. The van der Waals surface area contributed by atoms with E-state index in [-0.39, 0.29) is 6.09 Å². The molecular formula is C29H47BN2O6. The number of methoxy groups -OCH3 is 2. The maximum absolute atomic E-state index is 12.5. The number of likely N-dealkylation sites (tertiary alicyclic amines) is 2. The minimum absolute atomic E-state index is 0.187. The minimum Gasteiger partial charge on any atom is -0.496 e. The SMILES string of the molecule is COc1cc(B2OC(C)(C)C(C)(C)O2)cc(OC)c1CN1CCC2(CC1)CCN(C(=O)OC(C)(C)C)CC2. The summed E-state index contributed by atoms with van der Waals surface area (Å²) in [6.07, 6.45) is 4.15. The first-order chi connectivity index (χ1) is 17.7. The maximum atomic E-state index is 12.5. The number of hydrogen-bond donors (Lipinski definition) is 0. The number of amides is 1. The third-order valence-electron chi connectivity index (χ3n) is 8.93. The normalized spacial score (nSPS) is 23.0. The lowest BCUT2D eigenvalue weighted by atomic mass is 9.71. The van der Waals surface area contributed by atoms with Gasteiger partial charge in [0.25, 0.3) is 0 Å². The van der Waals surface area contributed by atoms with Crippen molar-refractivity contribution in [1.29, 1.82) is 0 Å². The molecule has 3 aliphatic rings. The summed E-state index contributed by atoms with van der Waals surface area (Å²) in [5, 5.41) is 0.